The van der Waals surface area contributed by atoms with Gasteiger partial charge in [-0.25, -0.2) is 8.78 Å². The highest BCUT2D eigenvalue weighted by molar-refractivity contribution is 4.91. The predicted molar refractivity (Wildman–Crippen MR) is 46.6 cm³/mol. The fraction of sp³-hybridized carbons (Fsp3) is 1.00. The van der Waals surface area contributed by atoms with E-state index in [0.717, 1.165) is 0 Å². The Morgan fingerprint density at radius 2 is 1.92 bits per heavy atom. The molecule has 4 heteroatoms. The summed E-state index contributed by atoms with van der Waals surface area (Å²) in [6, 6.07) is 0. The quantitative estimate of drug-likeness (QED) is 0.698. The van der Waals surface area contributed by atoms with Crippen molar-refractivity contribution >= 4 is 0 Å². The lowest BCUT2D eigenvalue weighted by atomic mass is 9.75. The second-order valence-electron chi connectivity index (χ2n) is 4.29. The van der Waals surface area contributed by atoms with E-state index in [4.69, 9.17) is 10.8 Å². The molecule has 0 saturated heterocycles. The molecule has 13 heavy (non-hydrogen) atoms. The topological polar surface area (TPSA) is 46.2 Å². The van der Waals surface area contributed by atoms with Crippen LogP contribution in [0.4, 0.5) is 8.78 Å². The number of aliphatic hydroxyl groups is 1. The fourth-order valence-electron chi connectivity index (χ4n) is 1.83. The number of nitrogens with two attached hydrogens (primary N) is 1. The third kappa shape index (κ3) is 2.61. The molecule has 1 fully saturated rings. The lowest BCUT2D eigenvalue weighted by Gasteiger charge is -2.37. The van der Waals surface area contributed by atoms with Crippen LogP contribution in [0.5, 0.6) is 0 Å². The smallest absolute Gasteiger partial charge is 0.248 e. The highest BCUT2D eigenvalue weighted by Gasteiger charge is 2.40. The van der Waals surface area contributed by atoms with E-state index >= 15 is 0 Å². The molecule has 1 unspecified atom stereocenters. The molecular weight excluding hydrogens is 176 g/mol. The summed E-state index contributed by atoms with van der Waals surface area (Å²) in [6.07, 6.45) is 0.649. The van der Waals surface area contributed by atoms with Gasteiger partial charge >= 0.3 is 0 Å². The molecule has 1 saturated carbocycles. The van der Waals surface area contributed by atoms with Crippen LogP contribution in [0.2, 0.25) is 0 Å². The van der Waals surface area contributed by atoms with Crippen molar-refractivity contribution in [3.05, 3.63) is 0 Å². The Morgan fingerprint density at radius 1 is 1.46 bits per heavy atom. The second-order valence-corrected chi connectivity index (χ2v) is 4.29. The van der Waals surface area contributed by atoms with Gasteiger partial charge in [0.05, 0.1) is 6.61 Å². The van der Waals surface area contributed by atoms with Gasteiger partial charge in [0, 0.05) is 18.4 Å². The maximum atomic E-state index is 12.8. The van der Waals surface area contributed by atoms with Gasteiger partial charge in [-0.3, -0.25) is 0 Å². The first-order valence-corrected chi connectivity index (χ1v) is 4.65. The molecule has 0 aliphatic heterocycles. The number of hydrogen-bond donors (Lipinski definition) is 2. The molecule has 1 atom stereocenters. The molecule has 0 aromatic heterocycles. The van der Waals surface area contributed by atoms with Gasteiger partial charge in [0.15, 0.2) is 0 Å². The van der Waals surface area contributed by atoms with Gasteiger partial charge < -0.3 is 10.8 Å². The minimum atomic E-state index is -2.51. The lowest BCUT2D eigenvalue weighted by Crippen LogP contribution is -2.49. The Bertz CT molecular complexity index is 172. The summed E-state index contributed by atoms with van der Waals surface area (Å²) in [5, 5.41) is 8.96. The molecule has 1 aliphatic carbocycles. The Balaban J connectivity index is 2.50. The molecule has 0 aromatic rings. The summed E-state index contributed by atoms with van der Waals surface area (Å²) in [5.74, 6) is -2.49. The maximum Gasteiger partial charge on any atom is 0.248 e. The molecule has 78 valence electrons. The summed E-state index contributed by atoms with van der Waals surface area (Å²) < 4.78 is 25.5. The summed E-state index contributed by atoms with van der Waals surface area (Å²) >= 11 is 0. The van der Waals surface area contributed by atoms with E-state index < -0.39 is 11.5 Å². The number of rotatable bonds is 2. The fourth-order valence-corrected chi connectivity index (χ4v) is 1.83. The van der Waals surface area contributed by atoms with Crippen LogP contribution < -0.4 is 5.73 Å². The molecule has 3 N–H and O–H groups in total. The van der Waals surface area contributed by atoms with E-state index in [0.29, 0.717) is 12.8 Å². The van der Waals surface area contributed by atoms with E-state index in [9.17, 15) is 8.78 Å². The molecule has 1 aliphatic rings. The average molecular weight is 193 g/mol. The number of alkyl halides is 2. The standard InChI is InChI=1S/C9H17F2NO/c1-8(12,6-13)7-2-4-9(10,11)5-3-7/h7,13H,2-6,12H2,1H3. The average Bonchev–Trinajstić information content (AvgIpc) is 2.04. The summed E-state index contributed by atoms with van der Waals surface area (Å²) in [7, 11) is 0. The lowest BCUT2D eigenvalue weighted by molar-refractivity contribution is -0.0569. The van der Waals surface area contributed by atoms with E-state index in [1.165, 1.54) is 0 Å². The van der Waals surface area contributed by atoms with Crippen LogP contribution in [0.25, 0.3) is 0 Å². The Morgan fingerprint density at radius 3 is 2.31 bits per heavy atom. The van der Waals surface area contributed by atoms with Crippen molar-refractivity contribution in [3.8, 4) is 0 Å². The SMILES string of the molecule is CC(N)(CO)C1CCC(F)(F)CC1. The molecular formula is C9H17F2NO. The summed E-state index contributed by atoms with van der Waals surface area (Å²) in [4.78, 5) is 0. The van der Waals surface area contributed by atoms with Gasteiger partial charge in [-0.15, -0.1) is 0 Å². The van der Waals surface area contributed by atoms with Crippen LogP contribution in [0, 0.1) is 5.92 Å². The van der Waals surface area contributed by atoms with Crippen LogP contribution in [-0.4, -0.2) is 23.2 Å². The summed E-state index contributed by atoms with van der Waals surface area (Å²) in [5.41, 5.74) is 5.09. The van der Waals surface area contributed by atoms with E-state index in [2.05, 4.69) is 0 Å². The minimum absolute atomic E-state index is 0.0251. The molecule has 0 heterocycles. The third-order valence-electron chi connectivity index (χ3n) is 2.99. The third-order valence-corrected chi connectivity index (χ3v) is 2.99. The van der Waals surface area contributed by atoms with Gasteiger partial charge in [0.2, 0.25) is 5.92 Å². The van der Waals surface area contributed by atoms with Crippen LogP contribution >= 0.6 is 0 Å². The zero-order valence-electron chi connectivity index (χ0n) is 7.89. The highest BCUT2D eigenvalue weighted by Crippen LogP contribution is 2.39. The van der Waals surface area contributed by atoms with Crippen molar-refractivity contribution in [3.63, 3.8) is 0 Å². The van der Waals surface area contributed by atoms with Crippen LogP contribution in [-0.2, 0) is 0 Å². The molecule has 0 aromatic carbocycles. The number of halogens is 2. The maximum absolute atomic E-state index is 12.8. The van der Waals surface area contributed by atoms with Crippen molar-refractivity contribution < 1.29 is 13.9 Å². The van der Waals surface area contributed by atoms with Crippen molar-refractivity contribution in [1.82, 2.24) is 0 Å². The first-order chi connectivity index (χ1) is 5.87. The molecule has 2 nitrogen and oxygen atoms in total. The number of aliphatic hydroxyl groups excluding tert-OH is 1. The van der Waals surface area contributed by atoms with Crippen molar-refractivity contribution in [2.24, 2.45) is 11.7 Å². The van der Waals surface area contributed by atoms with Crippen molar-refractivity contribution in [2.75, 3.05) is 6.61 Å². The zero-order valence-corrected chi connectivity index (χ0v) is 7.89. The van der Waals surface area contributed by atoms with E-state index in [-0.39, 0.29) is 25.4 Å². The Labute approximate surface area is 77.1 Å². The van der Waals surface area contributed by atoms with Crippen molar-refractivity contribution in [1.29, 1.82) is 0 Å². The highest BCUT2D eigenvalue weighted by atomic mass is 19.3. The normalized spacial score (nSPS) is 28.4. The first kappa shape index (κ1) is 10.9. The monoisotopic (exact) mass is 193 g/mol. The summed E-state index contributed by atoms with van der Waals surface area (Å²) in [6.45, 7) is 1.59. The molecule has 0 bridgehead atoms. The minimum Gasteiger partial charge on any atom is -0.394 e. The van der Waals surface area contributed by atoms with Gasteiger partial charge in [0.1, 0.15) is 0 Å². The molecule has 0 amide bonds. The van der Waals surface area contributed by atoms with Crippen LogP contribution in [0.15, 0.2) is 0 Å². The van der Waals surface area contributed by atoms with Crippen molar-refractivity contribution in [2.45, 2.75) is 44.1 Å². The van der Waals surface area contributed by atoms with Gasteiger partial charge in [-0.05, 0) is 25.7 Å². The van der Waals surface area contributed by atoms with Gasteiger partial charge in [0.25, 0.3) is 0 Å². The molecule has 0 spiro atoms. The number of hydrogen-bond acceptors (Lipinski definition) is 2. The Kier molecular flexibility index (Phi) is 2.92. The Hall–Kier alpha value is -0.220. The largest absolute Gasteiger partial charge is 0.394 e. The second kappa shape index (κ2) is 3.50. The van der Waals surface area contributed by atoms with Crippen LogP contribution in [0.3, 0.4) is 0 Å². The predicted octanol–water partition coefficient (Wildman–Crippen LogP) is 1.52. The van der Waals surface area contributed by atoms with E-state index in [1.54, 1.807) is 6.92 Å². The van der Waals surface area contributed by atoms with Gasteiger partial charge in [-0.2, -0.15) is 0 Å². The van der Waals surface area contributed by atoms with Crippen LogP contribution in [0.1, 0.15) is 32.6 Å². The van der Waals surface area contributed by atoms with E-state index in [1.807, 2.05) is 0 Å². The first-order valence-electron chi connectivity index (χ1n) is 4.65. The van der Waals surface area contributed by atoms with Gasteiger partial charge in [-0.1, -0.05) is 0 Å². The molecule has 0 radical (unpaired) electrons. The zero-order chi connectivity index (χ0) is 10.1. The molecule has 1 rings (SSSR count).